The summed E-state index contributed by atoms with van der Waals surface area (Å²) in [6, 6.07) is 10.7. The molecule has 1 atom stereocenters. The number of likely N-dealkylation sites (tertiary alicyclic amines) is 2. The van der Waals surface area contributed by atoms with E-state index >= 15 is 0 Å². The number of nitrogens with zero attached hydrogens (tertiary/aromatic N) is 3. The van der Waals surface area contributed by atoms with Gasteiger partial charge in [-0.15, -0.1) is 0 Å². The molecule has 0 saturated carbocycles. The van der Waals surface area contributed by atoms with Crippen LogP contribution in [0.3, 0.4) is 0 Å². The van der Waals surface area contributed by atoms with E-state index < -0.39 is 0 Å². The molecule has 2 aliphatic rings. The standard InChI is InChI=1S/C22H28N4O/c27-21(8-7-20-15-23-18-24-20)26-14-11-22(17-26)10-4-12-25(16-22)13-9-19-5-2-1-3-6-19/h1-3,5-8,15,18H,4,9-14,16-17H2,(H,23,24)/b8-7+/t22-/m0/s1. The number of nitrogens with one attached hydrogen (secondary N) is 1. The number of aromatic nitrogens is 2. The van der Waals surface area contributed by atoms with Crippen LogP contribution in [-0.2, 0) is 11.2 Å². The molecule has 5 heteroatoms. The summed E-state index contributed by atoms with van der Waals surface area (Å²) in [7, 11) is 0. The molecule has 1 amide bonds. The fourth-order valence-corrected chi connectivity index (χ4v) is 4.51. The van der Waals surface area contributed by atoms with Crippen LogP contribution in [0.1, 0.15) is 30.5 Å². The minimum absolute atomic E-state index is 0.114. The van der Waals surface area contributed by atoms with Crippen molar-refractivity contribution in [3.8, 4) is 0 Å². The van der Waals surface area contributed by atoms with Gasteiger partial charge in [-0.25, -0.2) is 4.98 Å². The summed E-state index contributed by atoms with van der Waals surface area (Å²) < 4.78 is 0. The number of imidazole rings is 1. The predicted octanol–water partition coefficient (Wildman–Crippen LogP) is 2.98. The summed E-state index contributed by atoms with van der Waals surface area (Å²) in [6.07, 6.45) is 11.5. The maximum absolute atomic E-state index is 12.5. The van der Waals surface area contributed by atoms with E-state index in [0.717, 1.165) is 44.7 Å². The van der Waals surface area contributed by atoms with Gasteiger partial charge < -0.3 is 14.8 Å². The first-order chi connectivity index (χ1) is 13.2. The highest BCUT2D eigenvalue weighted by Crippen LogP contribution is 2.39. The van der Waals surface area contributed by atoms with Gasteiger partial charge in [0.15, 0.2) is 0 Å². The molecule has 0 aliphatic carbocycles. The minimum Gasteiger partial charge on any atom is -0.345 e. The van der Waals surface area contributed by atoms with E-state index in [1.54, 1.807) is 18.6 Å². The van der Waals surface area contributed by atoms with Crippen molar-refractivity contribution in [2.75, 3.05) is 32.7 Å². The van der Waals surface area contributed by atoms with Gasteiger partial charge in [0.05, 0.1) is 18.2 Å². The Morgan fingerprint density at radius 3 is 2.89 bits per heavy atom. The van der Waals surface area contributed by atoms with Crippen molar-refractivity contribution in [2.45, 2.75) is 25.7 Å². The molecule has 1 N–H and O–H groups in total. The van der Waals surface area contributed by atoms with Gasteiger partial charge >= 0.3 is 0 Å². The van der Waals surface area contributed by atoms with Crippen molar-refractivity contribution in [2.24, 2.45) is 5.41 Å². The first kappa shape index (κ1) is 18.0. The molecule has 4 rings (SSSR count). The highest BCUT2D eigenvalue weighted by molar-refractivity contribution is 5.91. The summed E-state index contributed by atoms with van der Waals surface area (Å²) in [5, 5.41) is 0. The van der Waals surface area contributed by atoms with Crippen LogP contribution in [0.15, 0.2) is 48.9 Å². The summed E-state index contributed by atoms with van der Waals surface area (Å²) in [5.41, 5.74) is 2.55. The fraction of sp³-hybridized carbons (Fsp3) is 0.455. The van der Waals surface area contributed by atoms with Crippen molar-refractivity contribution in [3.05, 3.63) is 60.2 Å². The predicted molar refractivity (Wildman–Crippen MR) is 107 cm³/mol. The first-order valence-corrected chi connectivity index (χ1v) is 9.94. The van der Waals surface area contributed by atoms with Crippen LogP contribution in [0.2, 0.25) is 0 Å². The summed E-state index contributed by atoms with van der Waals surface area (Å²) >= 11 is 0. The van der Waals surface area contributed by atoms with Crippen LogP contribution < -0.4 is 0 Å². The number of carbonyl (C=O) groups is 1. The van der Waals surface area contributed by atoms with E-state index in [-0.39, 0.29) is 11.3 Å². The van der Waals surface area contributed by atoms with E-state index in [2.05, 4.69) is 45.2 Å². The second-order valence-corrected chi connectivity index (χ2v) is 7.97. The van der Waals surface area contributed by atoms with Crippen LogP contribution in [0, 0.1) is 5.41 Å². The summed E-state index contributed by atoms with van der Waals surface area (Å²) in [6.45, 7) is 5.18. The molecule has 1 spiro atoms. The van der Waals surface area contributed by atoms with Crippen molar-refractivity contribution in [1.82, 2.24) is 19.8 Å². The third-order valence-corrected chi connectivity index (χ3v) is 5.97. The number of benzene rings is 1. The molecule has 2 saturated heterocycles. The Bertz CT molecular complexity index is 771. The van der Waals surface area contributed by atoms with Crippen molar-refractivity contribution < 1.29 is 4.79 Å². The van der Waals surface area contributed by atoms with E-state index in [9.17, 15) is 4.79 Å². The number of H-pyrrole nitrogens is 1. The normalized spacial score (nSPS) is 23.5. The number of aromatic amines is 1. The smallest absolute Gasteiger partial charge is 0.246 e. The van der Waals surface area contributed by atoms with Crippen LogP contribution >= 0.6 is 0 Å². The molecule has 2 fully saturated rings. The third kappa shape index (κ3) is 4.48. The molecule has 142 valence electrons. The number of hydrogen-bond acceptors (Lipinski definition) is 3. The number of amides is 1. The van der Waals surface area contributed by atoms with Crippen LogP contribution in [-0.4, -0.2) is 58.4 Å². The molecule has 0 radical (unpaired) electrons. The van der Waals surface area contributed by atoms with Gasteiger partial charge in [-0.05, 0) is 43.9 Å². The second-order valence-electron chi connectivity index (χ2n) is 7.97. The molecular weight excluding hydrogens is 336 g/mol. The SMILES string of the molecule is O=C(/C=C/c1cnc[nH]1)N1CC[C@]2(CCCN(CCc3ccccc3)C2)C1. The quantitative estimate of drug-likeness (QED) is 0.830. The number of rotatable bonds is 5. The fourth-order valence-electron chi connectivity index (χ4n) is 4.51. The molecular formula is C22H28N4O. The second kappa shape index (κ2) is 8.09. The molecule has 1 aromatic carbocycles. The van der Waals surface area contributed by atoms with Crippen molar-refractivity contribution in [3.63, 3.8) is 0 Å². The van der Waals surface area contributed by atoms with Gasteiger partial charge in [0.1, 0.15) is 0 Å². The Labute approximate surface area is 161 Å². The highest BCUT2D eigenvalue weighted by Gasteiger charge is 2.42. The maximum atomic E-state index is 12.5. The molecule has 0 unspecified atom stereocenters. The Hall–Kier alpha value is -2.40. The Morgan fingerprint density at radius 2 is 2.07 bits per heavy atom. The van der Waals surface area contributed by atoms with Gasteiger partial charge in [0, 0.05) is 37.7 Å². The molecule has 5 nitrogen and oxygen atoms in total. The van der Waals surface area contributed by atoms with Gasteiger partial charge in [0.2, 0.25) is 5.91 Å². The lowest BCUT2D eigenvalue weighted by Crippen LogP contribution is -2.45. The molecule has 3 heterocycles. The van der Waals surface area contributed by atoms with E-state index in [1.807, 2.05) is 11.0 Å². The number of hydrogen-bond donors (Lipinski definition) is 1. The zero-order valence-electron chi connectivity index (χ0n) is 15.8. The van der Waals surface area contributed by atoms with Crippen LogP contribution in [0.4, 0.5) is 0 Å². The topological polar surface area (TPSA) is 52.2 Å². The molecule has 0 bridgehead atoms. The Balaban J connectivity index is 1.31. The minimum atomic E-state index is 0.114. The third-order valence-electron chi connectivity index (χ3n) is 5.97. The summed E-state index contributed by atoms with van der Waals surface area (Å²) in [4.78, 5) is 24.1. The average Bonchev–Trinajstić information content (AvgIpc) is 3.36. The molecule has 2 aliphatic heterocycles. The van der Waals surface area contributed by atoms with Crippen LogP contribution in [0.25, 0.3) is 6.08 Å². The highest BCUT2D eigenvalue weighted by atomic mass is 16.2. The monoisotopic (exact) mass is 364 g/mol. The van der Waals surface area contributed by atoms with E-state index in [0.29, 0.717) is 0 Å². The number of carbonyl (C=O) groups excluding carboxylic acids is 1. The van der Waals surface area contributed by atoms with Gasteiger partial charge in [-0.1, -0.05) is 30.3 Å². The van der Waals surface area contributed by atoms with E-state index in [1.165, 1.54) is 24.9 Å². The lowest BCUT2D eigenvalue weighted by molar-refractivity contribution is -0.125. The largest absolute Gasteiger partial charge is 0.345 e. The molecule has 1 aromatic heterocycles. The van der Waals surface area contributed by atoms with Gasteiger partial charge in [0.25, 0.3) is 0 Å². The lowest BCUT2D eigenvalue weighted by Gasteiger charge is -2.40. The maximum Gasteiger partial charge on any atom is 0.246 e. The Kier molecular flexibility index (Phi) is 5.39. The summed E-state index contributed by atoms with van der Waals surface area (Å²) in [5.74, 6) is 0.114. The molecule has 27 heavy (non-hydrogen) atoms. The zero-order valence-corrected chi connectivity index (χ0v) is 15.8. The van der Waals surface area contributed by atoms with Gasteiger partial charge in [-0.3, -0.25) is 4.79 Å². The molecule has 2 aromatic rings. The first-order valence-electron chi connectivity index (χ1n) is 9.94. The number of piperidine rings is 1. The van der Waals surface area contributed by atoms with Crippen LogP contribution in [0.5, 0.6) is 0 Å². The Morgan fingerprint density at radius 1 is 1.19 bits per heavy atom. The zero-order chi connectivity index (χ0) is 18.5. The lowest BCUT2D eigenvalue weighted by atomic mass is 9.79. The van der Waals surface area contributed by atoms with Gasteiger partial charge in [-0.2, -0.15) is 0 Å². The van der Waals surface area contributed by atoms with Crippen molar-refractivity contribution in [1.29, 1.82) is 0 Å². The van der Waals surface area contributed by atoms with E-state index in [4.69, 9.17) is 0 Å². The average molecular weight is 364 g/mol. The van der Waals surface area contributed by atoms with Crippen molar-refractivity contribution >= 4 is 12.0 Å².